The molecule has 5 fully saturated rings. The maximum absolute atomic E-state index is 12.0. The summed E-state index contributed by atoms with van der Waals surface area (Å²) in [4.78, 5) is 0. The monoisotopic (exact) mass is 422 g/mol. The Kier molecular flexibility index (Phi) is 4.20. The number of ether oxygens (including phenoxy) is 4. The first kappa shape index (κ1) is 19.6. The Hall–Kier alpha value is -0.110. The van der Waals surface area contributed by atoms with Crippen LogP contribution in [0.25, 0.3) is 0 Å². The molecule has 0 radical (unpaired) electrons. The van der Waals surface area contributed by atoms with Crippen LogP contribution in [0.2, 0.25) is 0 Å². The van der Waals surface area contributed by atoms with E-state index in [1.807, 2.05) is 11.8 Å². The van der Waals surface area contributed by atoms with Crippen LogP contribution in [0.15, 0.2) is 11.6 Å². The zero-order chi connectivity index (χ0) is 20.0. The second-order valence-electron chi connectivity index (χ2n) is 10.4. The molecule has 0 amide bonds. The molecule has 1 N–H and O–H groups in total. The van der Waals surface area contributed by atoms with E-state index in [2.05, 4.69) is 19.3 Å². The van der Waals surface area contributed by atoms with Crippen LogP contribution in [0.1, 0.15) is 58.3 Å². The Morgan fingerprint density at radius 1 is 0.966 bits per heavy atom. The summed E-state index contributed by atoms with van der Waals surface area (Å²) in [5.41, 5.74) is 0.784. The highest BCUT2D eigenvalue weighted by Gasteiger charge is 2.69. The molecule has 2 aliphatic heterocycles. The first-order valence-electron chi connectivity index (χ1n) is 11.5. The maximum Gasteiger partial charge on any atom is 0.174 e. The Morgan fingerprint density at radius 3 is 2.41 bits per heavy atom. The van der Waals surface area contributed by atoms with Gasteiger partial charge in [0.15, 0.2) is 11.6 Å². The van der Waals surface area contributed by atoms with E-state index in [0.717, 1.165) is 58.2 Å². The van der Waals surface area contributed by atoms with E-state index >= 15 is 0 Å². The molecule has 2 spiro atoms. The van der Waals surface area contributed by atoms with Gasteiger partial charge in [-0.05, 0) is 50.2 Å². The highest BCUT2D eigenvalue weighted by Crippen LogP contribution is 2.69. The van der Waals surface area contributed by atoms with Crippen molar-refractivity contribution >= 4 is 11.8 Å². The smallest absolute Gasteiger partial charge is 0.174 e. The maximum atomic E-state index is 12.0. The molecule has 5 nitrogen and oxygen atoms in total. The number of hydrogen-bond donors (Lipinski definition) is 1. The SMILES string of the molecule is CS[C@]12CCC3(C[C@]1(O)CC[C@@H]1C2=CC[C@@]2(C)[C@H]1CCC21OCCO1)OCCO3. The standard InChI is InChI=1S/C23H34O5S/c1-19-6-4-18-16(17(19)5-8-23(19)27-13-14-28-23)3-7-20(24)15-21(25-11-12-26-21)9-10-22(18,20)29-2/h4,16-17,24H,3,5-15H2,1-2H3/t16-,17-,19-,20+,22-/m0/s1. The van der Waals surface area contributed by atoms with E-state index in [0.29, 0.717) is 31.5 Å². The minimum atomic E-state index is -0.762. The third kappa shape index (κ3) is 2.31. The fourth-order valence-electron chi connectivity index (χ4n) is 8.15. The van der Waals surface area contributed by atoms with Crippen molar-refractivity contribution in [3.05, 3.63) is 11.6 Å². The summed E-state index contributed by atoms with van der Waals surface area (Å²) in [6, 6.07) is 0. The lowest BCUT2D eigenvalue weighted by atomic mass is 9.52. The number of fused-ring (bicyclic) bond motifs is 6. The molecule has 2 heterocycles. The lowest BCUT2D eigenvalue weighted by Crippen LogP contribution is -2.66. The van der Waals surface area contributed by atoms with Gasteiger partial charge in [-0.1, -0.05) is 18.6 Å². The molecule has 0 aromatic carbocycles. The topological polar surface area (TPSA) is 57.2 Å². The summed E-state index contributed by atoms with van der Waals surface area (Å²) < 4.78 is 24.3. The lowest BCUT2D eigenvalue weighted by Gasteiger charge is -2.62. The summed E-state index contributed by atoms with van der Waals surface area (Å²) in [5, 5.41) is 12.0. The van der Waals surface area contributed by atoms with Gasteiger partial charge in [0, 0.05) is 24.7 Å². The van der Waals surface area contributed by atoms with Crippen molar-refractivity contribution in [2.45, 2.75) is 80.2 Å². The first-order chi connectivity index (χ1) is 13.9. The molecule has 29 heavy (non-hydrogen) atoms. The molecule has 4 aliphatic carbocycles. The molecular formula is C23H34O5S. The Morgan fingerprint density at radius 2 is 1.69 bits per heavy atom. The quantitative estimate of drug-likeness (QED) is 0.651. The van der Waals surface area contributed by atoms with Crippen molar-refractivity contribution in [2.24, 2.45) is 17.3 Å². The van der Waals surface area contributed by atoms with Gasteiger partial charge in [0.05, 0.1) is 36.8 Å². The fraction of sp³-hybridized carbons (Fsp3) is 0.913. The summed E-state index contributed by atoms with van der Waals surface area (Å²) in [5.74, 6) is 0.146. The highest BCUT2D eigenvalue weighted by atomic mass is 32.2. The number of allylic oxidation sites excluding steroid dienone is 1. The van der Waals surface area contributed by atoms with Gasteiger partial charge in [-0.15, -0.1) is 0 Å². The summed E-state index contributed by atoms with van der Waals surface area (Å²) in [6.45, 7) is 5.14. The van der Waals surface area contributed by atoms with Gasteiger partial charge in [0.2, 0.25) is 0 Å². The van der Waals surface area contributed by atoms with Gasteiger partial charge in [-0.25, -0.2) is 0 Å². The highest BCUT2D eigenvalue weighted by molar-refractivity contribution is 8.00. The largest absolute Gasteiger partial charge is 0.388 e. The van der Waals surface area contributed by atoms with E-state index in [9.17, 15) is 5.11 Å². The first-order valence-corrected chi connectivity index (χ1v) is 12.7. The van der Waals surface area contributed by atoms with Gasteiger partial charge >= 0.3 is 0 Å². The molecule has 5 atom stereocenters. The zero-order valence-electron chi connectivity index (χ0n) is 17.7. The van der Waals surface area contributed by atoms with Crippen LogP contribution in [-0.4, -0.2) is 59.7 Å². The molecular weight excluding hydrogens is 388 g/mol. The number of rotatable bonds is 1. The van der Waals surface area contributed by atoms with E-state index < -0.39 is 11.4 Å². The Balaban J connectivity index is 1.38. The molecule has 0 bridgehead atoms. The van der Waals surface area contributed by atoms with E-state index in [1.54, 1.807) is 0 Å². The third-order valence-corrected chi connectivity index (χ3v) is 11.0. The minimum Gasteiger partial charge on any atom is -0.388 e. The van der Waals surface area contributed by atoms with Crippen LogP contribution >= 0.6 is 11.8 Å². The van der Waals surface area contributed by atoms with Gasteiger partial charge < -0.3 is 24.1 Å². The van der Waals surface area contributed by atoms with E-state index in [4.69, 9.17) is 18.9 Å². The van der Waals surface area contributed by atoms with Gasteiger partial charge in [0.25, 0.3) is 0 Å². The van der Waals surface area contributed by atoms with Crippen molar-refractivity contribution in [3.8, 4) is 0 Å². The lowest BCUT2D eigenvalue weighted by molar-refractivity contribution is -0.238. The van der Waals surface area contributed by atoms with Crippen molar-refractivity contribution in [2.75, 3.05) is 32.7 Å². The number of thioether (sulfide) groups is 1. The van der Waals surface area contributed by atoms with E-state index in [-0.39, 0.29) is 15.9 Å². The summed E-state index contributed by atoms with van der Waals surface area (Å²) >= 11 is 1.87. The molecule has 6 aliphatic rings. The predicted molar refractivity (Wildman–Crippen MR) is 111 cm³/mol. The Bertz CT molecular complexity index is 727. The van der Waals surface area contributed by atoms with Crippen molar-refractivity contribution in [1.82, 2.24) is 0 Å². The molecule has 0 aromatic heterocycles. The van der Waals surface area contributed by atoms with Crippen LogP contribution in [0, 0.1) is 17.3 Å². The number of aliphatic hydroxyl groups is 1. The van der Waals surface area contributed by atoms with Gasteiger partial charge in [-0.2, -0.15) is 11.8 Å². The van der Waals surface area contributed by atoms with Gasteiger partial charge in [-0.3, -0.25) is 0 Å². The van der Waals surface area contributed by atoms with Crippen LogP contribution in [0.3, 0.4) is 0 Å². The molecule has 6 heteroatoms. The predicted octanol–water partition coefficient (Wildman–Crippen LogP) is 3.65. The molecule has 6 rings (SSSR count). The average molecular weight is 423 g/mol. The Labute approximate surface area is 177 Å². The molecule has 0 aromatic rings. The molecule has 2 saturated heterocycles. The van der Waals surface area contributed by atoms with Crippen molar-refractivity contribution < 1.29 is 24.1 Å². The van der Waals surface area contributed by atoms with Crippen molar-refractivity contribution in [1.29, 1.82) is 0 Å². The second kappa shape index (κ2) is 6.23. The van der Waals surface area contributed by atoms with Gasteiger partial charge in [0.1, 0.15) is 0 Å². The number of hydrogen-bond acceptors (Lipinski definition) is 6. The second-order valence-corrected chi connectivity index (χ2v) is 11.5. The molecule has 162 valence electrons. The molecule has 3 saturated carbocycles. The van der Waals surface area contributed by atoms with Crippen LogP contribution in [-0.2, 0) is 18.9 Å². The average Bonchev–Trinajstić information content (AvgIpc) is 3.43. The van der Waals surface area contributed by atoms with Crippen molar-refractivity contribution in [3.63, 3.8) is 0 Å². The molecule has 0 unspecified atom stereocenters. The minimum absolute atomic E-state index is 0.0419. The van der Waals surface area contributed by atoms with Crippen LogP contribution < -0.4 is 0 Å². The third-order valence-electron chi connectivity index (χ3n) is 9.53. The normalized spacial score (nSPS) is 49.7. The van der Waals surface area contributed by atoms with Crippen LogP contribution in [0.5, 0.6) is 0 Å². The zero-order valence-corrected chi connectivity index (χ0v) is 18.5. The van der Waals surface area contributed by atoms with E-state index in [1.165, 1.54) is 5.57 Å². The fourth-order valence-corrected chi connectivity index (χ4v) is 9.48. The summed E-state index contributed by atoms with van der Waals surface area (Å²) in [6.07, 6.45) is 12.1. The summed E-state index contributed by atoms with van der Waals surface area (Å²) in [7, 11) is 0. The van der Waals surface area contributed by atoms with Crippen LogP contribution in [0.4, 0.5) is 0 Å².